The molecule has 0 aromatic rings. The zero-order chi connectivity index (χ0) is 42.1. The van der Waals surface area contributed by atoms with Crippen LogP contribution in [-0.2, 0) is 37.5 Å². The second kappa shape index (κ2) is 41.2. The Labute approximate surface area is 348 Å². The van der Waals surface area contributed by atoms with Crippen LogP contribution in [0.3, 0.4) is 0 Å². The number of carbonyl (C=O) groups excluding carboxylic acids is 2. The summed E-state index contributed by atoms with van der Waals surface area (Å²) in [5, 5.41) is 8.88. The molecule has 0 aromatic heterocycles. The van der Waals surface area contributed by atoms with E-state index in [1.165, 1.54) is 161 Å². The van der Waals surface area contributed by atoms with Crippen LogP contribution in [-0.4, -0.2) is 59.9 Å². The number of esters is 2. The Kier molecular flexibility index (Phi) is 40.1. The van der Waals surface area contributed by atoms with E-state index in [1.54, 1.807) is 0 Å². The van der Waals surface area contributed by atoms with E-state index in [0.717, 1.165) is 38.5 Å². The number of aliphatic carboxylic acids is 1. The summed E-state index contributed by atoms with van der Waals surface area (Å²) in [4.78, 5) is 45.9. The van der Waals surface area contributed by atoms with Gasteiger partial charge in [-0.25, -0.2) is 4.57 Å². The zero-order valence-corrected chi connectivity index (χ0v) is 37.6. The van der Waals surface area contributed by atoms with E-state index in [0.29, 0.717) is 12.8 Å². The molecule has 0 fully saturated rings. The Balaban J connectivity index is 4.10. The molecule has 4 N–H and O–H groups in total. The second-order valence-electron chi connectivity index (χ2n) is 16.3. The van der Waals surface area contributed by atoms with Crippen LogP contribution in [0.15, 0.2) is 0 Å². The highest BCUT2D eigenvalue weighted by atomic mass is 31.2. The minimum absolute atomic E-state index is 0.170. The van der Waals surface area contributed by atoms with Crippen molar-refractivity contribution in [2.45, 2.75) is 251 Å². The zero-order valence-electron chi connectivity index (χ0n) is 36.7. The number of carboxylic acids is 1. The number of hydrogen-bond donors (Lipinski definition) is 3. The van der Waals surface area contributed by atoms with Crippen molar-refractivity contribution in [3.63, 3.8) is 0 Å². The molecule has 0 aliphatic heterocycles. The molecular weight excluding hydrogens is 745 g/mol. The molecule has 3 atom stereocenters. The molecule has 0 rings (SSSR count). The van der Waals surface area contributed by atoms with Gasteiger partial charge >= 0.3 is 25.7 Å². The third kappa shape index (κ3) is 41.0. The maximum absolute atomic E-state index is 12.6. The number of ether oxygens (including phenoxy) is 2. The summed E-state index contributed by atoms with van der Waals surface area (Å²) in [5.41, 5.74) is 5.33. The standard InChI is InChI=1S/C45H88NO10P/c1-3-5-7-9-11-13-14-15-16-17-18-19-20-21-22-23-24-25-26-27-29-31-33-35-37-44(48)56-41(39-54-57(51,52)55-40-42(46)45(49)50)38-53-43(47)36-34-32-30-28-12-10-8-6-4-2/h41-42H,3-40,46H2,1-2H3,(H,49,50)(H,51,52). The Hall–Kier alpha value is -1.52. The SMILES string of the molecule is CCCCCCCCCCCCCCCCCCCCCCCCCCC(=O)OC(COC(=O)CCCCCCCCCCC)COP(=O)(O)OCC(N)C(=O)O. The molecular formula is C45H88NO10P. The van der Waals surface area contributed by atoms with E-state index in [9.17, 15) is 23.8 Å². The number of carboxylic acid groups (broad SMARTS) is 1. The topological polar surface area (TPSA) is 172 Å². The molecule has 12 heteroatoms. The lowest BCUT2D eigenvalue weighted by Crippen LogP contribution is -2.34. The molecule has 57 heavy (non-hydrogen) atoms. The monoisotopic (exact) mass is 834 g/mol. The predicted octanol–water partition coefficient (Wildman–Crippen LogP) is 12.7. The van der Waals surface area contributed by atoms with E-state index in [2.05, 4.69) is 18.4 Å². The van der Waals surface area contributed by atoms with Crippen LogP contribution in [0.4, 0.5) is 0 Å². The predicted molar refractivity (Wildman–Crippen MR) is 231 cm³/mol. The van der Waals surface area contributed by atoms with Crippen molar-refractivity contribution in [2.24, 2.45) is 5.73 Å². The largest absolute Gasteiger partial charge is 0.480 e. The quantitative estimate of drug-likeness (QED) is 0.0303. The van der Waals surface area contributed by atoms with Gasteiger partial charge < -0.3 is 25.2 Å². The summed E-state index contributed by atoms with van der Waals surface area (Å²) in [6, 6.07) is -1.52. The number of rotatable bonds is 45. The van der Waals surface area contributed by atoms with Gasteiger partial charge in [0.15, 0.2) is 6.10 Å². The summed E-state index contributed by atoms with van der Waals surface area (Å²) in [5.74, 6) is -2.36. The first-order chi connectivity index (χ1) is 27.6. The minimum atomic E-state index is -4.71. The molecule has 0 spiro atoms. The molecule has 11 nitrogen and oxygen atoms in total. The van der Waals surface area contributed by atoms with Gasteiger partial charge in [-0.05, 0) is 12.8 Å². The van der Waals surface area contributed by atoms with Gasteiger partial charge in [-0.1, -0.05) is 213 Å². The van der Waals surface area contributed by atoms with Gasteiger partial charge in [-0.2, -0.15) is 0 Å². The van der Waals surface area contributed by atoms with Gasteiger partial charge in [0.1, 0.15) is 12.6 Å². The normalized spacial score (nSPS) is 13.6. The Morgan fingerprint density at radius 1 is 0.474 bits per heavy atom. The first kappa shape index (κ1) is 55.5. The average Bonchev–Trinajstić information content (AvgIpc) is 3.19. The van der Waals surface area contributed by atoms with Crippen molar-refractivity contribution in [1.29, 1.82) is 0 Å². The van der Waals surface area contributed by atoms with E-state index in [1.807, 2.05) is 0 Å². The van der Waals surface area contributed by atoms with Crippen LogP contribution in [0, 0.1) is 0 Å². The Bertz CT molecular complexity index is 984. The summed E-state index contributed by atoms with van der Waals surface area (Å²) in [6.45, 7) is 2.81. The molecule has 0 aromatic carbocycles. The lowest BCUT2D eigenvalue weighted by molar-refractivity contribution is -0.161. The fourth-order valence-corrected chi connectivity index (χ4v) is 7.67. The Morgan fingerprint density at radius 2 is 0.772 bits per heavy atom. The first-order valence-electron chi connectivity index (χ1n) is 23.6. The van der Waals surface area contributed by atoms with E-state index < -0.39 is 51.1 Å². The van der Waals surface area contributed by atoms with Crippen molar-refractivity contribution >= 4 is 25.7 Å². The van der Waals surface area contributed by atoms with Gasteiger partial charge in [-0.15, -0.1) is 0 Å². The molecule has 0 heterocycles. The maximum Gasteiger partial charge on any atom is 0.472 e. The molecule has 0 saturated carbocycles. The highest BCUT2D eigenvalue weighted by Crippen LogP contribution is 2.43. The van der Waals surface area contributed by atoms with Gasteiger partial charge in [-0.3, -0.25) is 23.4 Å². The summed E-state index contributed by atoms with van der Waals surface area (Å²) >= 11 is 0. The second-order valence-corrected chi connectivity index (χ2v) is 17.7. The fraction of sp³-hybridized carbons (Fsp3) is 0.933. The summed E-state index contributed by atoms with van der Waals surface area (Å²) < 4.78 is 32.7. The molecule has 0 amide bonds. The Morgan fingerprint density at radius 3 is 1.11 bits per heavy atom. The van der Waals surface area contributed by atoms with Crippen molar-refractivity contribution in [3.05, 3.63) is 0 Å². The van der Waals surface area contributed by atoms with E-state index >= 15 is 0 Å². The van der Waals surface area contributed by atoms with Crippen LogP contribution in [0.1, 0.15) is 239 Å². The van der Waals surface area contributed by atoms with Crippen LogP contribution in [0.2, 0.25) is 0 Å². The number of phosphoric acid groups is 1. The van der Waals surface area contributed by atoms with Crippen molar-refractivity contribution < 1.29 is 47.5 Å². The first-order valence-corrected chi connectivity index (χ1v) is 25.1. The van der Waals surface area contributed by atoms with Crippen LogP contribution in [0.25, 0.3) is 0 Å². The molecule has 0 bridgehead atoms. The third-order valence-electron chi connectivity index (χ3n) is 10.6. The molecule has 0 aliphatic rings. The number of nitrogens with two attached hydrogens (primary N) is 1. The van der Waals surface area contributed by atoms with Crippen LogP contribution >= 0.6 is 7.82 Å². The molecule has 3 unspecified atom stereocenters. The third-order valence-corrected chi connectivity index (χ3v) is 11.6. The molecule has 0 saturated heterocycles. The smallest absolute Gasteiger partial charge is 0.472 e. The highest BCUT2D eigenvalue weighted by molar-refractivity contribution is 7.47. The van der Waals surface area contributed by atoms with Crippen LogP contribution < -0.4 is 5.73 Å². The molecule has 0 radical (unpaired) electrons. The average molecular weight is 834 g/mol. The van der Waals surface area contributed by atoms with Crippen LogP contribution in [0.5, 0.6) is 0 Å². The molecule has 338 valence electrons. The van der Waals surface area contributed by atoms with E-state index in [4.69, 9.17) is 24.8 Å². The van der Waals surface area contributed by atoms with Crippen molar-refractivity contribution in [2.75, 3.05) is 19.8 Å². The van der Waals surface area contributed by atoms with Gasteiger partial charge in [0.25, 0.3) is 0 Å². The highest BCUT2D eigenvalue weighted by Gasteiger charge is 2.28. The summed E-state index contributed by atoms with van der Waals surface area (Å²) in [6.07, 6.45) is 40.5. The van der Waals surface area contributed by atoms with Crippen molar-refractivity contribution in [3.8, 4) is 0 Å². The minimum Gasteiger partial charge on any atom is -0.480 e. The number of hydrogen-bond acceptors (Lipinski definition) is 9. The lowest BCUT2D eigenvalue weighted by atomic mass is 10.0. The number of carbonyl (C=O) groups is 3. The fourth-order valence-electron chi connectivity index (χ4n) is 6.89. The van der Waals surface area contributed by atoms with Gasteiger partial charge in [0.2, 0.25) is 0 Å². The van der Waals surface area contributed by atoms with E-state index in [-0.39, 0.29) is 19.4 Å². The van der Waals surface area contributed by atoms with Gasteiger partial charge in [0.05, 0.1) is 13.2 Å². The van der Waals surface area contributed by atoms with Crippen molar-refractivity contribution in [1.82, 2.24) is 0 Å². The lowest BCUT2D eigenvalue weighted by Gasteiger charge is -2.20. The molecule has 0 aliphatic carbocycles. The number of unbranched alkanes of at least 4 members (excludes halogenated alkanes) is 31. The maximum atomic E-state index is 12.6. The number of phosphoric ester groups is 1. The summed E-state index contributed by atoms with van der Waals surface area (Å²) in [7, 11) is -4.71. The van der Waals surface area contributed by atoms with Gasteiger partial charge in [0, 0.05) is 12.8 Å².